The van der Waals surface area contributed by atoms with Gasteiger partial charge in [-0.25, -0.2) is 0 Å². The molecule has 0 saturated heterocycles. The van der Waals surface area contributed by atoms with Gasteiger partial charge in [0.05, 0.1) is 0 Å². The van der Waals surface area contributed by atoms with E-state index in [1.807, 2.05) is 24.3 Å². The summed E-state index contributed by atoms with van der Waals surface area (Å²) in [4.78, 5) is 4.28. The van der Waals surface area contributed by atoms with Gasteiger partial charge >= 0.3 is 7.69 Å². The van der Waals surface area contributed by atoms with E-state index in [0.717, 1.165) is 24.6 Å². The van der Waals surface area contributed by atoms with Crippen molar-refractivity contribution >= 4 is 7.69 Å². The average Bonchev–Trinajstić information content (AvgIpc) is 2.50. The molecule has 0 radical (unpaired) electrons. The first-order valence-corrected chi connectivity index (χ1v) is 7.76. The molecule has 23 heavy (non-hydrogen) atoms. The predicted molar refractivity (Wildman–Crippen MR) is 96.1 cm³/mol. The number of rotatable bonds is 8. The first-order chi connectivity index (χ1) is 11.0. The molecule has 0 atom stereocenters. The Morgan fingerprint density at radius 2 is 1.00 bits per heavy atom. The molecule has 0 N–H and O–H groups in total. The summed E-state index contributed by atoms with van der Waals surface area (Å²) < 4.78 is 11.2. The lowest BCUT2D eigenvalue weighted by atomic mass is 10.2. The van der Waals surface area contributed by atoms with Crippen LogP contribution in [-0.4, -0.2) is 45.7 Å². The fourth-order valence-corrected chi connectivity index (χ4v) is 2.28. The van der Waals surface area contributed by atoms with E-state index in [0.29, 0.717) is 0 Å². The first-order valence-electron chi connectivity index (χ1n) is 7.76. The van der Waals surface area contributed by atoms with Crippen LogP contribution in [0.25, 0.3) is 0 Å². The summed E-state index contributed by atoms with van der Waals surface area (Å²) in [6, 6.07) is 16.2. The summed E-state index contributed by atoms with van der Waals surface area (Å²) >= 11 is 0. The van der Waals surface area contributed by atoms with Crippen LogP contribution in [0.1, 0.15) is 11.1 Å². The molecule has 0 unspecified atom stereocenters. The van der Waals surface area contributed by atoms with Gasteiger partial charge in [-0.2, -0.15) is 0 Å². The Morgan fingerprint density at radius 1 is 0.652 bits per heavy atom. The van der Waals surface area contributed by atoms with Crippen molar-refractivity contribution in [1.29, 1.82) is 0 Å². The molecule has 0 aliphatic carbocycles. The molecule has 0 bridgehead atoms. The monoisotopic (exact) mass is 312 g/mol. The number of hydrogen-bond donors (Lipinski definition) is 0. The zero-order valence-electron chi connectivity index (χ0n) is 14.5. The van der Waals surface area contributed by atoms with Gasteiger partial charge in [-0.15, -0.1) is 0 Å². The maximum atomic E-state index is 5.62. The van der Waals surface area contributed by atoms with E-state index < -0.39 is 0 Å². The second-order valence-electron chi connectivity index (χ2n) is 6.17. The number of benzene rings is 2. The van der Waals surface area contributed by atoms with Gasteiger partial charge in [-0.1, -0.05) is 24.3 Å². The maximum Gasteiger partial charge on any atom is 0.576 e. The van der Waals surface area contributed by atoms with Crippen LogP contribution < -0.4 is 9.31 Å². The van der Waals surface area contributed by atoms with E-state index in [2.05, 4.69) is 62.3 Å². The Labute approximate surface area is 139 Å². The molecule has 0 fully saturated rings. The molecule has 0 saturated carbocycles. The third kappa shape index (κ3) is 6.34. The minimum Gasteiger partial charge on any atom is -0.529 e. The molecular weight excluding hydrogens is 287 g/mol. The molecule has 0 aliphatic heterocycles. The van der Waals surface area contributed by atoms with Gasteiger partial charge in [0.25, 0.3) is 0 Å². The van der Waals surface area contributed by atoms with Crippen LogP contribution in [0.2, 0.25) is 0 Å². The quantitative estimate of drug-likeness (QED) is 0.699. The van der Waals surface area contributed by atoms with Crippen molar-refractivity contribution in [2.75, 3.05) is 28.2 Å². The molecule has 122 valence electrons. The van der Waals surface area contributed by atoms with Crippen LogP contribution in [0, 0.1) is 0 Å². The summed E-state index contributed by atoms with van der Waals surface area (Å²) in [5.74, 6) is 1.63. The van der Waals surface area contributed by atoms with Gasteiger partial charge in [0.1, 0.15) is 11.5 Å². The second kappa shape index (κ2) is 8.60. The summed E-state index contributed by atoms with van der Waals surface area (Å²) in [7, 11) is 8.44. The number of hydrogen-bond acceptors (Lipinski definition) is 4. The third-order valence-corrected chi connectivity index (χ3v) is 3.30. The molecule has 5 heteroatoms. The van der Waals surface area contributed by atoms with E-state index in [1.54, 1.807) is 0 Å². The van der Waals surface area contributed by atoms with Gasteiger partial charge < -0.3 is 19.1 Å². The van der Waals surface area contributed by atoms with Gasteiger partial charge in [-0.3, -0.25) is 0 Å². The molecule has 0 heterocycles. The summed E-state index contributed by atoms with van der Waals surface area (Å²) in [6.07, 6.45) is 0. The molecule has 0 aliphatic rings. The largest absolute Gasteiger partial charge is 0.576 e. The van der Waals surface area contributed by atoms with E-state index in [4.69, 9.17) is 9.31 Å². The van der Waals surface area contributed by atoms with Crippen LogP contribution in [0.15, 0.2) is 48.5 Å². The normalized spacial score (nSPS) is 10.9. The summed E-state index contributed by atoms with van der Waals surface area (Å²) in [6.45, 7) is 1.85. The van der Waals surface area contributed by atoms with Gasteiger partial charge in [-0.05, 0) is 63.6 Å². The van der Waals surface area contributed by atoms with Crippen LogP contribution in [0.5, 0.6) is 11.5 Å². The Balaban J connectivity index is 1.78. The molecule has 0 aromatic heterocycles. The highest BCUT2D eigenvalue weighted by Gasteiger charge is 2.02. The Morgan fingerprint density at radius 3 is 1.30 bits per heavy atom. The minimum absolute atomic E-state index is 0.208. The Kier molecular flexibility index (Phi) is 6.50. The van der Waals surface area contributed by atoms with Crippen molar-refractivity contribution in [3.63, 3.8) is 0 Å². The lowest BCUT2D eigenvalue weighted by Gasteiger charge is -2.12. The lowest BCUT2D eigenvalue weighted by molar-refractivity contribution is 0.401. The average molecular weight is 312 g/mol. The summed E-state index contributed by atoms with van der Waals surface area (Å²) in [5, 5.41) is 0. The first kappa shape index (κ1) is 17.4. The standard InChI is InChI=1S/C18H25BN2O2/c1-20(2)13-15-5-9-17(10-6-15)22-19-23-18-11-7-16(8-12-18)14-21(3)4/h5-12,19H,13-14H2,1-4H3. The van der Waals surface area contributed by atoms with Crippen LogP contribution in [0.4, 0.5) is 0 Å². The Bertz CT molecular complexity index is 529. The topological polar surface area (TPSA) is 24.9 Å². The molecule has 2 aromatic carbocycles. The zero-order valence-corrected chi connectivity index (χ0v) is 14.5. The van der Waals surface area contributed by atoms with Crippen LogP contribution in [-0.2, 0) is 13.1 Å². The predicted octanol–water partition coefficient (Wildman–Crippen LogP) is 2.53. The summed E-state index contributed by atoms with van der Waals surface area (Å²) in [5.41, 5.74) is 2.53. The molecular formula is C18H25BN2O2. The van der Waals surface area contributed by atoms with Crippen molar-refractivity contribution in [2.45, 2.75) is 13.1 Å². The highest BCUT2D eigenvalue weighted by Crippen LogP contribution is 2.15. The molecule has 0 amide bonds. The second-order valence-corrected chi connectivity index (χ2v) is 6.17. The molecule has 0 spiro atoms. The van der Waals surface area contributed by atoms with Gasteiger partial charge in [0.15, 0.2) is 0 Å². The molecule has 2 aromatic rings. The van der Waals surface area contributed by atoms with E-state index >= 15 is 0 Å². The fraction of sp³-hybridized carbons (Fsp3) is 0.333. The maximum absolute atomic E-state index is 5.62. The van der Waals surface area contributed by atoms with Crippen LogP contribution in [0.3, 0.4) is 0 Å². The minimum atomic E-state index is 0.208. The van der Waals surface area contributed by atoms with E-state index in [9.17, 15) is 0 Å². The SMILES string of the molecule is CN(C)Cc1ccc(OBOc2ccc(CN(C)C)cc2)cc1. The Hall–Kier alpha value is -1.98. The van der Waals surface area contributed by atoms with Gasteiger partial charge in [0, 0.05) is 13.1 Å². The van der Waals surface area contributed by atoms with Crippen molar-refractivity contribution in [3.05, 3.63) is 59.7 Å². The van der Waals surface area contributed by atoms with E-state index in [1.165, 1.54) is 11.1 Å². The van der Waals surface area contributed by atoms with Crippen LogP contribution >= 0.6 is 0 Å². The van der Waals surface area contributed by atoms with Crippen molar-refractivity contribution in [3.8, 4) is 11.5 Å². The number of nitrogens with zero attached hydrogens (tertiary/aromatic N) is 2. The van der Waals surface area contributed by atoms with Crippen molar-refractivity contribution in [2.24, 2.45) is 0 Å². The lowest BCUT2D eigenvalue weighted by Crippen LogP contribution is -2.12. The highest BCUT2D eigenvalue weighted by atomic mass is 16.6. The zero-order chi connectivity index (χ0) is 16.7. The smallest absolute Gasteiger partial charge is 0.529 e. The van der Waals surface area contributed by atoms with Crippen molar-refractivity contribution < 1.29 is 9.31 Å². The third-order valence-electron chi connectivity index (χ3n) is 3.30. The van der Waals surface area contributed by atoms with Gasteiger partial charge in [0.2, 0.25) is 0 Å². The van der Waals surface area contributed by atoms with Crippen molar-refractivity contribution in [1.82, 2.24) is 9.80 Å². The van der Waals surface area contributed by atoms with E-state index in [-0.39, 0.29) is 7.69 Å². The molecule has 2 rings (SSSR count). The molecule has 4 nitrogen and oxygen atoms in total. The fourth-order valence-electron chi connectivity index (χ4n) is 2.28. The highest BCUT2D eigenvalue weighted by molar-refractivity contribution is 6.20.